The van der Waals surface area contributed by atoms with Crippen LogP contribution in [0.5, 0.6) is 0 Å². The van der Waals surface area contributed by atoms with Crippen LogP contribution in [0, 0.1) is 0 Å². The van der Waals surface area contributed by atoms with E-state index >= 15 is 0 Å². The molecule has 3 nitrogen and oxygen atoms in total. The molecule has 0 saturated carbocycles. The third-order valence-corrected chi connectivity index (χ3v) is 4.71. The Kier molecular flexibility index (Phi) is 4.22. The van der Waals surface area contributed by atoms with E-state index in [1.165, 1.54) is 16.8 Å². The molecular formula is C16H16BrN3S. The van der Waals surface area contributed by atoms with Gasteiger partial charge in [0.25, 0.3) is 0 Å². The van der Waals surface area contributed by atoms with Crippen molar-refractivity contribution in [1.82, 2.24) is 4.98 Å². The minimum Gasteiger partial charge on any atom is -0.389 e. The molecule has 3 rings (SSSR count). The van der Waals surface area contributed by atoms with Gasteiger partial charge in [-0.05, 0) is 42.5 Å². The molecule has 108 valence electrons. The molecule has 2 aromatic rings. The number of thiocarbonyl (C=S) groups is 1. The molecule has 0 spiro atoms. The first kappa shape index (κ1) is 14.5. The molecule has 0 amide bonds. The van der Waals surface area contributed by atoms with Crippen LogP contribution in [0.1, 0.15) is 28.8 Å². The van der Waals surface area contributed by atoms with Crippen molar-refractivity contribution in [2.45, 2.75) is 25.8 Å². The van der Waals surface area contributed by atoms with Crippen molar-refractivity contribution in [2.75, 3.05) is 5.32 Å². The number of anilines is 1. The maximum Gasteiger partial charge on any atom is 0.136 e. The minimum absolute atomic E-state index is 0.395. The van der Waals surface area contributed by atoms with Gasteiger partial charge in [-0.3, -0.25) is 0 Å². The van der Waals surface area contributed by atoms with E-state index in [0.717, 1.165) is 35.1 Å². The van der Waals surface area contributed by atoms with Gasteiger partial charge in [-0.1, -0.05) is 46.3 Å². The van der Waals surface area contributed by atoms with Crippen LogP contribution in [0.15, 0.2) is 34.8 Å². The molecule has 1 aliphatic carbocycles. The molecule has 0 saturated heterocycles. The van der Waals surface area contributed by atoms with E-state index in [4.69, 9.17) is 22.9 Å². The van der Waals surface area contributed by atoms with Crippen molar-refractivity contribution < 1.29 is 0 Å². The number of nitrogens with one attached hydrogen (secondary N) is 1. The maximum atomic E-state index is 5.85. The molecular weight excluding hydrogens is 346 g/mol. The second-order valence-electron chi connectivity index (χ2n) is 5.15. The molecule has 21 heavy (non-hydrogen) atoms. The lowest BCUT2D eigenvalue weighted by Gasteiger charge is -2.13. The molecule has 5 heteroatoms. The summed E-state index contributed by atoms with van der Waals surface area (Å²) in [5.74, 6) is 0.791. The quantitative estimate of drug-likeness (QED) is 0.817. The van der Waals surface area contributed by atoms with E-state index in [0.29, 0.717) is 11.5 Å². The van der Waals surface area contributed by atoms with E-state index in [1.54, 1.807) is 0 Å². The number of aryl methyl sites for hydroxylation is 2. The molecule has 0 atom stereocenters. The first-order valence-electron chi connectivity index (χ1n) is 6.95. The number of rotatable bonds is 4. The number of halogens is 1. The monoisotopic (exact) mass is 361 g/mol. The number of aromatic nitrogens is 1. The number of hydrogen-bond acceptors (Lipinski definition) is 3. The lowest BCUT2D eigenvalue weighted by molar-refractivity contribution is 0.899. The highest BCUT2D eigenvalue weighted by Crippen LogP contribution is 2.26. The smallest absolute Gasteiger partial charge is 0.136 e. The minimum atomic E-state index is 0.395. The van der Waals surface area contributed by atoms with Gasteiger partial charge in [0.1, 0.15) is 10.8 Å². The van der Waals surface area contributed by atoms with Gasteiger partial charge in [0.2, 0.25) is 0 Å². The number of nitrogens with two attached hydrogens (primary N) is 1. The summed E-state index contributed by atoms with van der Waals surface area (Å²) in [5, 5.41) is 3.37. The Balaban J connectivity index is 1.88. The summed E-state index contributed by atoms with van der Waals surface area (Å²) in [6.07, 6.45) is 3.27. The molecule has 0 radical (unpaired) electrons. The van der Waals surface area contributed by atoms with Gasteiger partial charge in [-0.2, -0.15) is 0 Å². The highest BCUT2D eigenvalue weighted by atomic mass is 79.9. The van der Waals surface area contributed by atoms with E-state index in [9.17, 15) is 0 Å². The standard InChI is InChI=1S/C16H16BrN3S/c17-13-6-2-1-4-11(13)9-19-16-12(15(18)21)8-10-5-3-7-14(10)20-16/h1-2,4,6,8H,3,5,7,9H2,(H2,18,21)(H,19,20). The summed E-state index contributed by atoms with van der Waals surface area (Å²) in [4.78, 5) is 5.12. The average Bonchev–Trinajstić information content (AvgIpc) is 2.92. The van der Waals surface area contributed by atoms with Gasteiger partial charge in [-0.25, -0.2) is 4.98 Å². The van der Waals surface area contributed by atoms with E-state index in [1.807, 2.05) is 18.2 Å². The predicted octanol–water partition coefficient (Wildman–Crippen LogP) is 3.58. The van der Waals surface area contributed by atoms with Gasteiger partial charge in [0.05, 0.1) is 5.56 Å². The van der Waals surface area contributed by atoms with Crippen LogP contribution < -0.4 is 11.1 Å². The normalized spacial score (nSPS) is 13.0. The summed E-state index contributed by atoms with van der Waals surface area (Å²) in [7, 11) is 0. The van der Waals surface area contributed by atoms with Gasteiger partial charge >= 0.3 is 0 Å². The van der Waals surface area contributed by atoms with Crippen molar-refractivity contribution >= 4 is 39.0 Å². The summed E-state index contributed by atoms with van der Waals surface area (Å²) in [6, 6.07) is 10.2. The van der Waals surface area contributed by atoms with Crippen molar-refractivity contribution in [2.24, 2.45) is 5.73 Å². The van der Waals surface area contributed by atoms with Crippen molar-refractivity contribution in [3.8, 4) is 0 Å². The van der Waals surface area contributed by atoms with Crippen LogP contribution in [0.3, 0.4) is 0 Å². The number of pyridine rings is 1. The molecule has 1 aliphatic rings. The highest BCUT2D eigenvalue weighted by molar-refractivity contribution is 9.10. The van der Waals surface area contributed by atoms with Gasteiger partial charge in [-0.15, -0.1) is 0 Å². The Morgan fingerprint density at radius 3 is 2.90 bits per heavy atom. The zero-order valence-electron chi connectivity index (χ0n) is 11.5. The highest BCUT2D eigenvalue weighted by Gasteiger charge is 2.17. The van der Waals surface area contributed by atoms with Gasteiger partial charge in [0.15, 0.2) is 0 Å². The fourth-order valence-electron chi connectivity index (χ4n) is 2.62. The van der Waals surface area contributed by atoms with E-state index < -0.39 is 0 Å². The summed E-state index contributed by atoms with van der Waals surface area (Å²) < 4.78 is 1.08. The Hall–Kier alpha value is -1.46. The van der Waals surface area contributed by atoms with Crippen LogP contribution in [-0.2, 0) is 19.4 Å². The topological polar surface area (TPSA) is 50.9 Å². The molecule has 3 N–H and O–H groups in total. The SMILES string of the molecule is NC(=S)c1cc2c(nc1NCc1ccccc1Br)CCC2. The van der Waals surface area contributed by atoms with Crippen LogP contribution >= 0.6 is 28.1 Å². The second kappa shape index (κ2) is 6.12. The lowest BCUT2D eigenvalue weighted by Crippen LogP contribution is -2.16. The van der Waals surface area contributed by atoms with Gasteiger partial charge < -0.3 is 11.1 Å². The van der Waals surface area contributed by atoms with E-state index in [-0.39, 0.29) is 0 Å². The predicted molar refractivity (Wildman–Crippen MR) is 93.6 cm³/mol. The summed E-state index contributed by atoms with van der Waals surface area (Å²) in [5.41, 5.74) is 10.3. The molecule has 1 aromatic heterocycles. The lowest BCUT2D eigenvalue weighted by atomic mass is 10.1. The van der Waals surface area contributed by atoms with Crippen LogP contribution in [0.2, 0.25) is 0 Å². The number of nitrogens with zero attached hydrogens (tertiary/aromatic N) is 1. The number of fused-ring (bicyclic) bond motifs is 1. The third kappa shape index (κ3) is 3.09. The van der Waals surface area contributed by atoms with Gasteiger partial charge in [0, 0.05) is 16.7 Å². The summed E-state index contributed by atoms with van der Waals surface area (Å²) in [6.45, 7) is 0.683. The van der Waals surface area contributed by atoms with Crippen molar-refractivity contribution in [3.05, 3.63) is 57.2 Å². The Morgan fingerprint density at radius 1 is 1.33 bits per heavy atom. The van der Waals surface area contributed by atoms with Crippen LogP contribution in [-0.4, -0.2) is 9.97 Å². The fraction of sp³-hybridized carbons (Fsp3) is 0.250. The third-order valence-electron chi connectivity index (χ3n) is 3.72. The maximum absolute atomic E-state index is 5.85. The molecule has 1 heterocycles. The zero-order chi connectivity index (χ0) is 14.8. The second-order valence-corrected chi connectivity index (χ2v) is 6.45. The van der Waals surface area contributed by atoms with Crippen LogP contribution in [0.25, 0.3) is 0 Å². The fourth-order valence-corrected chi connectivity index (χ4v) is 3.20. The van der Waals surface area contributed by atoms with Crippen molar-refractivity contribution in [1.29, 1.82) is 0 Å². The number of benzene rings is 1. The zero-order valence-corrected chi connectivity index (χ0v) is 13.9. The van der Waals surface area contributed by atoms with Crippen LogP contribution in [0.4, 0.5) is 5.82 Å². The molecule has 1 aromatic carbocycles. The van der Waals surface area contributed by atoms with E-state index in [2.05, 4.69) is 33.4 Å². The Bertz CT molecular complexity index is 700. The molecule has 0 aliphatic heterocycles. The number of hydrogen-bond donors (Lipinski definition) is 2. The average molecular weight is 362 g/mol. The first-order chi connectivity index (χ1) is 10.1. The molecule has 0 unspecified atom stereocenters. The first-order valence-corrected chi connectivity index (χ1v) is 8.15. The molecule has 0 fully saturated rings. The Labute approximate surface area is 138 Å². The molecule has 0 bridgehead atoms. The largest absolute Gasteiger partial charge is 0.389 e. The summed E-state index contributed by atoms with van der Waals surface area (Å²) >= 11 is 8.72. The van der Waals surface area contributed by atoms with Crippen molar-refractivity contribution in [3.63, 3.8) is 0 Å². The Morgan fingerprint density at radius 2 is 2.14 bits per heavy atom.